The van der Waals surface area contributed by atoms with Crippen molar-refractivity contribution >= 4 is 11.8 Å². The van der Waals surface area contributed by atoms with E-state index in [2.05, 4.69) is 10.6 Å². The highest BCUT2D eigenvalue weighted by molar-refractivity contribution is 5.94. The largest absolute Gasteiger partial charge is 0.493 e. The van der Waals surface area contributed by atoms with Gasteiger partial charge in [-0.25, -0.2) is 0 Å². The number of hydrogen-bond acceptors (Lipinski definition) is 5. The Labute approximate surface area is 186 Å². The number of rotatable bonds is 9. The van der Waals surface area contributed by atoms with Crippen molar-refractivity contribution in [3.63, 3.8) is 0 Å². The molecule has 4 rings (SSSR count). The highest BCUT2D eigenvalue weighted by Gasteiger charge is 2.13. The van der Waals surface area contributed by atoms with Gasteiger partial charge in [0.2, 0.25) is 12.7 Å². The van der Waals surface area contributed by atoms with Gasteiger partial charge in [-0.15, -0.1) is 0 Å². The number of fused-ring (bicyclic) bond motifs is 1. The topological polar surface area (TPSA) is 85.9 Å². The molecule has 0 saturated heterocycles. The lowest BCUT2D eigenvalue weighted by Gasteiger charge is -2.09. The lowest BCUT2D eigenvalue weighted by Crippen LogP contribution is -2.25. The zero-order valence-electron chi connectivity index (χ0n) is 17.5. The van der Waals surface area contributed by atoms with Gasteiger partial charge in [0.15, 0.2) is 11.5 Å². The Morgan fingerprint density at radius 1 is 0.812 bits per heavy atom. The number of amides is 2. The molecule has 1 aliphatic heterocycles. The van der Waals surface area contributed by atoms with Gasteiger partial charge >= 0.3 is 0 Å². The van der Waals surface area contributed by atoms with Crippen molar-refractivity contribution in [3.8, 4) is 17.2 Å². The Balaban J connectivity index is 1.18. The molecule has 0 atom stereocenters. The first-order valence-corrected chi connectivity index (χ1v) is 10.4. The molecule has 0 bridgehead atoms. The lowest BCUT2D eigenvalue weighted by molar-refractivity contribution is -0.121. The van der Waals surface area contributed by atoms with E-state index < -0.39 is 0 Å². The minimum atomic E-state index is -0.170. The second-order valence-corrected chi connectivity index (χ2v) is 7.26. The van der Waals surface area contributed by atoms with E-state index in [-0.39, 0.29) is 25.0 Å². The summed E-state index contributed by atoms with van der Waals surface area (Å²) in [5, 5.41) is 5.75. The van der Waals surface area contributed by atoms with Gasteiger partial charge in [0.1, 0.15) is 5.75 Å². The Kier molecular flexibility index (Phi) is 6.87. The third-order valence-corrected chi connectivity index (χ3v) is 4.94. The molecule has 0 fully saturated rings. The van der Waals surface area contributed by atoms with Crippen LogP contribution in [-0.2, 0) is 17.9 Å². The van der Waals surface area contributed by atoms with Crippen molar-refractivity contribution < 1.29 is 23.8 Å². The van der Waals surface area contributed by atoms with Crippen molar-refractivity contribution in [2.24, 2.45) is 0 Å². The summed E-state index contributed by atoms with van der Waals surface area (Å²) in [7, 11) is 0. The molecule has 164 valence electrons. The van der Waals surface area contributed by atoms with Gasteiger partial charge in [-0.1, -0.05) is 36.4 Å². The van der Waals surface area contributed by atoms with Crippen LogP contribution in [0.1, 0.15) is 27.9 Å². The molecule has 2 N–H and O–H groups in total. The van der Waals surface area contributed by atoms with Crippen LogP contribution in [0.5, 0.6) is 17.2 Å². The monoisotopic (exact) mass is 432 g/mol. The summed E-state index contributed by atoms with van der Waals surface area (Å²) in [6.07, 6.45) is 0.273. The van der Waals surface area contributed by atoms with E-state index in [0.717, 1.165) is 16.9 Å². The quantitative estimate of drug-likeness (QED) is 0.541. The first kappa shape index (κ1) is 21.2. The van der Waals surface area contributed by atoms with E-state index in [0.29, 0.717) is 36.8 Å². The SMILES string of the molecule is O=C(CCOc1ccccc1)NCc1ccc(C(=O)NCc2ccc3c(c2)OCO3)cc1. The number of carbonyl (C=O) groups excluding carboxylic acids is 2. The Hall–Kier alpha value is -4.00. The molecule has 3 aromatic rings. The average molecular weight is 432 g/mol. The van der Waals surface area contributed by atoms with Crippen LogP contribution in [0.25, 0.3) is 0 Å². The maximum absolute atomic E-state index is 12.4. The number of hydrogen-bond donors (Lipinski definition) is 2. The minimum absolute atomic E-state index is 0.0912. The molecule has 7 nitrogen and oxygen atoms in total. The summed E-state index contributed by atoms with van der Waals surface area (Å²) in [4.78, 5) is 24.4. The van der Waals surface area contributed by atoms with Gasteiger partial charge in [0, 0.05) is 18.7 Å². The Morgan fingerprint density at radius 2 is 1.53 bits per heavy atom. The van der Waals surface area contributed by atoms with Gasteiger partial charge in [-0.05, 0) is 47.5 Å². The third kappa shape index (κ3) is 5.78. The van der Waals surface area contributed by atoms with Crippen LogP contribution in [-0.4, -0.2) is 25.2 Å². The van der Waals surface area contributed by atoms with E-state index in [1.807, 2.05) is 60.7 Å². The van der Waals surface area contributed by atoms with Crippen molar-refractivity contribution in [2.45, 2.75) is 19.5 Å². The predicted octanol–water partition coefficient (Wildman–Crippen LogP) is 3.43. The summed E-state index contributed by atoms with van der Waals surface area (Å²) in [6.45, 7) is 1.32. The fourth-order valence-corrected chi connectivity index (χ4v) is 3.18. The first-order valence-electron chi connectivity index (χ1n) is 10.4. The minimum Gasteiger partial charge on any atom is -0.493 e. The van der Waals surface area contributed by atoms with Crippen LogP contribution in [0.15, 0.2) is 72.8 Å². The standard InChI is InChI=1S/C25H24N2O5/c28-24(12-13-30-21-4-2-1-3-5-21)26-15-18-6-9-20(10-7-18)25(29)27-16-19-8-11-22-23(14-19)32-17-31-22/h1-11,14H,12-13,15-17H2,(H,26,28)(H,27,29). The van der Waals surface area contributed by atoms with E-state index in [4.69, 9.17) is 14.2 Å². The van der Waals surface area contributed by atoms with Gasteiger partial charge in [0.05, 0.1) is 13.0 Å². The summed E-state index contributed by atoms with van der Waals surface area (Å²) in [5.41, 5.74) is 2.39. The third-order valence-electron chi connectivity index (χ3n) is 4.94. The molecular weight excluding hydrogens is 408 g/mol. The summed E-state index contributed by atoms with van der Waals surface area (Å²) in [5.74, 6) is 1.89. The molecule has 0 spiro atoms. The number of nitrogens with one attached hydrogen (secondary N) is 2. The van der Waals surface area contributed by atoms with Crippen molar-refractivity contribution in [3.05, 3.63) is 89.5 Å². The van der Waals surface area contributed by atoms with Gasteiger partial charge in [0.25, 0.3) is 5.91 Å². The van der Waals surface area contributed by atoms with Crippen molar-refractivity contribution in [1.82, 2.24) is 10.6 Å². The maximum Gasteiger partial charge on any atom is 0.251 e. The molecule has 0 aliphatic carbocycles. The van der Waals surface area contributed by atoms with E-state index in [9.17, 15) is 9.59 Å². The molecule has 1 heterocycles. The van der Waals surface area contributed by atoms with Crippen LogP contribution in [0.3, 0.4) is 0 Å². The van der Waals surface area contributed by atoms with Gasteiger partial charge < -0.3 is 24.8 Å². The van der Waals surface area contributed by atoms with Crippen LogP contribution in [0.2, 0.25) is 0 Å². The molecule has 7 heteroatoms. The molecule has 1 aliphatic rings. The Bertz CT molecular complexity index is 1070. The van der Waals surface area contributed by atoms with E-state index in [1.165, 1.54) is 0 Å². The molecule has 0 radical (unpaired) electrons. The highest BCUT2D eigenvalue weighted by Crippen LogP contribution is 2.32. The van der Waals surface area contributed by atoms with Crippen LogP contribution >= 0.6 is 0 Å². The molecular formula is C25H24N2O5. The molecule has 3 aromatic carbocycles. The zero-order valence-corrected chi connectivity index (χ0v) is 17.5. The van der Waals surface area contributed by atoms with Crippen LogP contribution in [0, 0.1) is 0 Å². The molecule has 0 aromatic heterocycles. The fourth-order valence-electron chi connectivity index (χ4n) is 3.18. The second kappa shape index (κ2) is 10.3. The van der Waals surface area contributed by atoms with Crippen LogP contribution in [0.4, 0.5) is 0 Å². The van der Waals surface area contributed by atoms with Gasteiger partial charge in [-0.3, -0.25) is 9.59 Å². The second-order valence-electron chi connectivity index (χ2n) is 7.26. The summed E-state index contributed by atoms with van der Waals surface area (Å²) in [6, 6.07) is 22.1. The average Bonchev–Trinajstić information content (AvgIpc) is 3.30. The van der Waals surface area contributed by atoms with Crippen molar-refractivity contribution in [1.29, 1.82) is 0 Å². The lowest BCUT2D eigenvalue weighted by atomic mass is 10.1. The Morgan fingerprint density at radius 3 is 2.34 bits per heavy atom. The van der Waals surface area contributed by atoms with Crippen molar-refractivity contribution in [2.75, 3.05) is 13.4 Å². The molecule has 0 unspecified atom stereocenters. The fraction of sp³-hybridized carbons (Fsp3) is 0.200. The number of benzene rings is 3. The number of carbonyl (C=O) groups is 2. The zero-order chi connectivity index (χ0) is 22.2. The number of ether oxygens (including phenoxy) is 3. The summed E-state index contributed by atoms with van der Waals surface area (Å²) >= 11 is 0. The summed E-state index contributed by atoms with van der Waals surface area (Å²) < 4.78 is 16.2. The normalized spacial score (nSPS) is 11.6. The maximum atomic E-state index is 12.4. The number of para-hydroxylation sites is 1. The van der Waals surface area contributed by atoms with E-state index in [1.54, 1.807) is 12.1 Å². The smallest absolute Gasteiger partial charge is 0.251 e. The molecule has 2 amide bonds. The molecule has 0 saturated carbocycles. The van der Waals surface area contributed by atoms with Gasteiger partial charge in [-0.2, -0.15) is 0 Å². The first-order chi connectivity index (χ1) is 15.7. The molecule has 32 heavy (non-hydrogen) atoms. The predicted molar refractivity (Wildman–Crippen MR) is 119 cm³/mol. The van der Waals surface area contributed by atoms with Crippen LogP contribution < -0.4 is 24.8 Å². The highest BCUT2D eigenvalue weighted by atomic mass is 16.7. The van der Waals surface area contributed by atoms with E-state index >= 15 is 0 Å².